The second-order valence-corrected chi connectivity index (χ2v) is 5.74. The summed E-state index contributed by atoms with van der Waals surface area (Å²) in [5.41, 5.74) is 0. The first-order valence-electron chi connectivity index (χ1n) is 3.18. The van der Waals surface area contributed by atoms with E-state index in [-0.39, 0.29) is 47.2 Å². The van der Waals surface area contributed by atoms with Gasteiger partial charge in [0.05, 0.1) is 21.1 Å². The third-order valence-electron chi connectivity index (χ3n) is 1.01. The van der Waals surface area contributed by atoms with Crippen LogP contribution in [0.2, 0.25) is 0 Å². The summed E-state index contributed by atoms with van der Waals surface area (Å²) in [5.74, 6) is 0. The fourth-order valence-corrected chi connectivity index (χ4v) is 0.941. The summed E-state index contributed by atoms with van der Waals surface area (Å²) < 4.78 is 15.5. The maximum Gasteiger partial charge on any atom is 2.00 e. The van der Waals surface area contributed by atoms with Crippen LogP contribution >= 0.6 is 18.2 Å². The van der Waals surface area contributed by atoms with Crippen molar-refractivity contribution in [3.8, 4) is 0 Å². The molecule has 0 aliphatic carbocycles. The topological polar surface area (TPSA) is 46.5 Å². The molecular formula is C5H16CaClNO3P+. The van der Waals surface area contributed by atoms with Crippen LogP contribution in [-0.4, -0.2) is 81.4 Å². The Morgan fingerprint density at radius 1 is 1.58 bits per heavy atom. The Kier molecular flexibility index (Phi) is 8.32. The number of hydrogen-bond donors (Lipinski definition) is 1. The van der Waals surface area contributed by atoms with Crippen molar-refractivity contribution in [2.75, 3.05) is 34.3 Å². The fraction of sp³-hybridized carbons (Fsp3) is 1.00. The summed E-state index contributed by atoms with van der Waals surface area (Å²) in [6.07, 6.45) is 0. The van der Waals surface area contributed by atoms with Crippen molar-refractivity contribution in [3.63, 3.8) is 0 Å². The molecule has 0 spiro atoms. The average molecular weight is 245 g/mol. The second kappa shape index (κ2) is 6.20. The number of halogens is 1. The summed E-state index contributed by atoms with van der Waals surface area (Å²) in [5, 5.41) is 0. The first kappa shape index (κ1) is 16.1. The number of quaternary nitrogens is 1. The molecule has 4 nitrogen and oxygen atoms in total. The van der Waals surface area contributed by atoms with E-state index in [1.165, 1.54) is 0 Å². The zero-order valence-electron chi connectivity index (χ0n) is 9.66. The smallest absolute Gasteiger partial charge is 1.00 e. The summed E-state index contributed by atoms with van der Waals surface area (Å²) in [6, 6.07) is 0. The first-order valence-corrected chi connectivity index (χ1v) is 5.66. The standard InChI is InChI=1S/C5H13ClNO3P.Ca.2H/c1-7(2,3)4-5-10-11(6,8)9;;;/h4-5H2,1-3H3;;;/q;+2;2*-1/p+1. The van der Waals surface area contributed by atoms with Crippen LogP contribution in [0.5, 0.6) is 0 Å². The zero-order chi connectivity index (χ0) is 9.12. The molecular weight excluding hydrogens is 229 g/mol. The molecule has 1 unspecified atom stereocenters. The molecule has 0 fully saturated rings. The molecule has 12 heavy (non-hydrogen) atoms. The van der Waals surface area contributed by atoms with Gasteiger partial charge in [-0.2, -0.15) is 0 Å². The normalized spacial score (nSPS) is 16.4. The van der Waals surface area contributed by atoms with Crippen molar-refractivity contribution in [2.24, 2.45) is 0 Å². The number of rotatable bonds is 4. The molecule has 0 saturated heterocycles. The van der Waals surface area contributed by atoms with E-state index in [0.717, 1.165) is 0 Å². The molecule has 0 bridgehead atoms. The van der Waals surface area contributed by atoms with Crippen LogP contribution in [-0.2, 0) is 9.09 Å². The summed E-state index contributed by atoms with van der Waals surface area (Å²) in [6.45, 7) is -2.94. The Balaban J connectivity index is -0.000000167. The van der Waals surface area contributed by atoms with Crippen molar-refractivity contribution in [1.29, 1.82) is 0 Å². The number of likely N-dealkylation sites (N-methyl/N-ethyl adjacent to an activating group) is 1. The van der Waals surface area contributed by atoms with E-state index < -0.39 is 6.95 Å². The maximum absolute atomic E-state index is 10.4. The molecule has 0 amide bonds. The minimum atomic E-state index is -3.79. The van der Waals surface area contributed by atoms with E-state index in [0.29, 0.717) is 11.0 Å². The molecule has 0 rings (SSSR count). The van der Waals surface area contributed by atoms with Crippen molar-refractivity contribution >= 4 is 55.9 Å². The number of hydrogen-bond acceptors (Lipinski definition) is 2. The van der Waals surface area contributed by atoms with Gasteiger partial charge in [-0.05, 0) is 0 Å². The first-order chi connectivity index (χ1) is 4.71. The van der Waals surface area contributed by atoms with Gasteiger partial charge < -0.3 is 12.2 Å². The van der Waals surface area contributed by atoms with Crippen LogP contribution in [0.3, 0.4) is 0 Å². The molecule has 1 atom stereocenters. The van der Waals surface area contributed by atoms with Crippen molar-refractivity contribution in [2.45, 2.75) is 0 Å². The van der Waals surface area contributed by atoms with E-state index in [9.17, 15) is 4.57 Å². The van der Waals surface area contributed by atoms with Gasteiger partial charge in [0.25, 0.3) is 0 Å². The van der Waals surface area contributed by atoms with Crippen molar-refractivity contribution in [3.05, 3.63) is 0 Å². The zero-order valence-corrected chi connectivity index (χ0v) is 11.5. The van der Waals surface area contributed by atoms with Gasteiger partial charge in [0, 0.05) is 11.2 Å². The van der Waals surface area contributed by atoms with E-state index in [4.69, 9.17) is 16.1 Å². The van der Waals surface area contributed by atoms with Crippen LogP contribution < -0.4 is 0 Å². The Bertz CT molecular complexity index is 175. The van der Waals surface area contributed by atoms with Gasteiger partial charge in [-0.15, -0.1) is 0 Å². The summed E-state index contributed by atoms with van der Waals surface area (Å²) >= 11 is 4.94. The molecule has 0 aliphatic rings. The third-order valence-corrected chi connectivity index (χ3v) is 1.81. The minimum absolute atomic E-state index is 0. The average Bonchev–Trinajstić information content (AvgIpc) is 1.55. The van der Waals surface area contributed by atoms with E-state index >= 15 is 0 Å². The van der Waals surface area contributed by atoms with E-state index in [1.54, 1.807) is 0 Å². The minimum Gasteiger partial charge on any atom is -1.00 e. The SMILES string of the molecule is C[N+](C)(C)CCOP(=O)(O)Cl.[Ca+2].[H-].[H-]. The summed E-state index contributed by atoms with van der Waals surface area (Å²) in [7, 11) is 5.87. The van der Waals surface area contributed by atoms with Gasteiger partial charge in [-0.1, -0.05) is 0 Å². The van der Waals surface area contributed by atoms with Gasteiger partial charge in [-0.25, -0.2) is 4.57 Å². The van der Waals surface area contributed by atoms with Crippen LogP contribution in [0.25, 0.3) is 0 Å². The summed E-state index contributed by atoms with van der Waals surface area (Å²) in [4.78, 5) is 8.51. The number of nitrogens with zero attached hydrogens (tertiary/aromatic N) is 1. The molecule has 1 N–H and O–H groups in total. The molecule has 0 aromatic rings. The molecule has 0 saturated carbocycles. The van der Waals surface area contributed by atoms with Gasteiger partial charge in [-0.3, -0.25) is 4.52 Å². The second-order valence-electron chi connectivity index (χ2n) is 3.30. The van der Waals surface area contributed by atoms with E-state index in [1.807, 2.05) is 21.1 Å². The Labute approximate surface area is 111 Å². The monoisotopic (exact) mass is 244 g/mol. The Hall–Kier alpha value is 1.66. The third kappa shape index (κ3) is 14.2. The van der Waals surface area contributed by atoms with Crippen LogP contribution in [0, 0.1) is 0 Å². The predicted molar refractivity (Wildman–Crippen MR) is 52.5 cm³/mol. The molecule has 0 heterocycles. The molecule has 0 aromatic carbocycles. The molecule has 72 valence electrons. The molecule has 0 radical (unpaired) electrons. The van der Waals surface area contributed by atoms with Crippen LogP contribution in [0.1, 0.15) is 2.85 Å². The van der Waals surface area contributed by atoms with Crippen molar-refractivity contribution in [1.82, 2.24) is 0 Å². The molecule has 0 aromatic heterocycles. The van der Waals surface area contributed by atoms with Crippen LogP contribution in [0.4, 0.5) is 0 Å². The van der Waals surface area contributed by atoms with Gasteiger partial charge in [0.15, 0.2) is 0 Å². The van der Waals surface area contributed by atoms with Gasteiger partial charge in [0.2, 0.25) is 0 Å². The van der Waals surface area contributed by atoms with E-state index in [2.05, 4.69) is 4.52 Å². The molecule has 7 heteroatoms. The Morgan fingerprint density at radius 2 is 2.00 bits per heavy atom. The largest absolute Gasteiger partial charge is 2.00 e. The quantitative estimate of drug-likeness (QED) is 0.454. The van der Waals surface area contributed by atoms with Crippen LogP contribution in [0.15, 0.2) is 0 Å². The van der Waals surface area contributed by atoms with Crippen molar-refractivity contribution < 1.29 is 21.3 Å². The fourth-order valence-electron chi connectivity index (χ4n) is 0.427. The van der Waals surface area contributed by atoms with Gasteiger partial charge >= 0.3 is 44.7 Å². The Morgan fingerprint density at radius 3 is 2.25 bits per heavy atom. The predicted octanol–water partition coefficient (Wildman–Crippen LogP) is 0.893. The maximum atomic E-state index is 10.4. The molecule has 0 aliphatic heterocycles. The van der Waals surface area contributed by atoms with Gasteiger partial charge in [0.1, 0.15) is 13.2 Å².